The molecule has 0 saturated carbocycles. The number of primary amides is 1. The molecule has 0 fully saturated rings. The zero-order chi connectivity index (χ0) is 98.7. The average molecular weight is 1950 g/mol. The number of likely N-dealkylation sites (N-methyl/N-ethyl adjacent to an activating group) is 2. The van der Waals surface area contributed by atoms with Gasteiger partial charge in [-0.3, -0.25) is 47.5 Å². The number of nitrogens with one attached hydrogen (secondary N) is 9. The van der Waals surface area contributed by atoms with Crippen molar-refractivity contribution < 1.29 is 184 Å². The summed E-state index contributed by atoms with van der Waals surface area (Å²) in [5.74, 6) is -4.32. The van der Waals surface area contributed by atoms with Gasteiger partial charge in [0.15, 0.2) is 0 Å². The second-order valence-corrected chi connectivity index (χ2v) is 33.2. The average Bonchev–Trinajstić information content (AvgIpc) is 0.855. The summed E-state index contributed by atoms with van der Waals surface area (Å²) in [7, 11) is 2.83. The Labute approximate surface area is 779 Å². The van der Waals surface area contributed by atoms with Crippen LogP contribution in [0.4, 0.5) is 10.5 Å². The van der Waals surface area contributed by atoms with Crippen molar-refractivity contribution in [2.45, 2.75) is 151 Å². The van der Waals surface area contributed by atoms with E-state index in [0.717, 1.165) is 0 Å². The molecule has 133 heavy (non-hydrogen) atoms. The van der Waals surface area contributed by atoms with Crippen LogP contribution in [-0.4, -0.2) is 483 Å². The fraction of sp³-hybridized carbons (Fsp3) is 0.831. The molecule has 50 heteroatoms. The highest BCUT2D eigenvalue weighted by molar-refractivity contribution is 7.47. The maximum absolute atomic E-state index is 14.4. The van der Waals surface area contributed by atoms with Gasteiger partial charge in [-0.25, -0.2) is 9.36 Å². The van der Waals surface area contributed by atoms with Gasteiger partial charge >= 0.3 is 13.9 Å². The van der Waals surface area contributed by atoms with Crippen LogP contribution in [0, 0.1) is 5.92 Å². The quantitative estimate of drug-likeness (QED) is 0.0164. The number of hydrogen-bond donors (Lipinski definition) is 22. The first-order chi connectivity index (χ1) is 63.7. The summed E-state index contributed by atoms with van der Waals surface area (Å²) >= 11 is 0. The molecule has 23 N–H and O–H groups in total. The molecule has 776 valence electrons. The number of ether oxygens (including phenoxy) is 14. The number of hydrogen-bond acceptors (Lipinski definition) is 38. The van der Waals surface area contributed by atoms with Crippen molar-refractivity contribution in [3.8, 4) is 0 Å². The monoisotopic (exact) mass is 1950 g/mol. The van der Waals surface area contributed by atoms with Crippen LogP contribution < -0.4 is 53.6 Å². The third-order valence-electron chi connectivity index (χ3n) is 19.2. The van der Waals surface area contributed by atoms with Crippen molar-refractivity contribution >= 4 is 60.9 Å². The molecule has 1 unspecified atom stereocenters. The third kappa shape index (κ3) is 67.6. The van der Waals surface area contributed by atoms with Crippen LogP contribution in [0.3, 0.4) is 0 Å². The van der Waals surface area contributed by atoms with Crippen LogP contribution in [0.25, 0.3) is 0 Å². The number of nitrogens with two attached hydrogens (primary N) is 1. The lowest BCUT2D eigenvalue weighted by atomic mass is 10.00. The predicted octanol–water partition coefficient (Wildman–Crippen LogP) is -7.41. The Morgan fingerprint density at radius 3 is 1.20 bits per heavy atom. The lowest BCUT2D eigenvalue weighted by molar-refractivity contribution is -0.870. The number of unbranched alkanes of at least 4 members (excludes halogenated alkanes) is 2. The van der Waals surface area contributed by atoms with Crippen molar-refractivity contribution in [2.75, 3.05) is 297 Å². The van der Waals surface area contributed by atoms with Gasteiger partial charge in [0.25, 0.3) is 0 Å². The molecule has 49 nitrogen and oxygen atoms in total. The Balaban J connectivity index is 2.38. The van der Waals surface area contributed by atoms with Gasteiger partial charge in [0.1, 0.15) is 81.1 Å². The van der Waals surface area contributed by atoms with Crippen molar-refractivity contribution in [3.05, 3.63) is 29.8 Å². The van der Waals surface area contributed by atoms with E-state index in [1.54, 1.807) is 45.2 Å². The fourth-order valence-electron chi connectivity index (χ4n) is 11.6. The van der Waals surface area contributed by atoms with Crippen molar-refractivity contribution in [3.63, 3.8) is 0 Å². The van der Waals surface area contributed by atoms with Crippen LogP contribution in [0.1, 0.15) is 77.2 Å². The molecule has 0 aromatic heterocycles. The summed E-state index contributed by atoms with van der Waals surface area (Å²) in [5.41, 5.74) is 6.24. The van der Waals surface area contributed by atoms with E-state index in [2.05, 4.69) is 47.9 Å². The van der Waals surface area contributed by atoms with Crippen LogP contribution in [0.5, 0.6) is 0 Å². The smallest absolute Gasteiger partial charge is 0.394 e. The fourth-order valence-corrected chi connectivity index (χ4v) is 12.2. The summed E-state index contributed by atoms with van der Waals surface area (Å²) < 4.78 is 99.4. The van der Waals surface area contributed by atoms with E-state index in [4.69, 9.17) is 91.3 Å². The molecule has 0 heterocycles. The molecule has 0 spiro atoms. The lowest BCUT2D eigenvalue weighted by Gasteiger charge is -2.33. The molecule has 1 rings (SSSR count). The number of urea groups is 1. The first kappa shape index (κ1) is 125. The zero-order valence-electron chi connectivity index (χ0n) is 78.2. The second kappa shape index (κ2) is 79.7. The summed E-state index contributed by atoms with van der Waals surface area (Å²) in [6.45, 7) is 8.29. The molecular formula is C83H158N12O37P+. The van der Waals surface area contributed by atoms with Gasteiger partial charge in [0.05, 0.1) is 238 Å². The molecule has 0 saturated heterocycles. The van der Waals surface area contributed by atoms with Gasteiger partial charge in [0.2, 0.25) is 41.4 Å². The number of quaternary nitrogens is 1. The molecule has 0 radical (unpaired) electrons. The largest absolute Gasteiger partial charge is 0.472 e. The number of phosphoric acid groups is 1. The summed E-state index contributed by atoms with van der Waals surface area (Å²) in [5, 5.41) is 133. The summed E-state index contributed by atoms with van der Waals surface area (Å²) in [4.78, 5) is 116. The zero-order valence-corrected chi connectivity index (χ0v) is 79.1. The topological polar surface area (TPSA) is 682 Å². The number of phosphoric ester groups is 1. The number of rotatable bonds is 91. The van der Waals surface area contributed by atoms with Crippen molar-refractivity contribution in [1.29, 1.82) is 0 Å². The summed E-state index contributed by atoms with van der Waals surface area (Å²) in [6.07, 6.45) is -12.0. The molecule has 0 aliphatic carbocycles. The maximum Gasteiger partial charge on any atom is 0.472 e. The number of carbonyl (C=O) groups is 8. The van der Waals surface area contributed by atoms with Crippen LogP contribution >= 0.6 is 7.82 Å². The van der Waals surface area contributed by atoms with E-state index in [0.29, 0.717) is 160 Å². The van der Waals surface area contributed by atoms with E-state index >= 15 is 0 Å². The Kier molecular flexibility index (Phi) is 74.7. The highest BCUT2D eigenvalue weighted by Gasteiger charge is 2.36. The van der Waals surface area contributed by atoms with Gasteiger partial charge in [-0.2, -0.15) is 0 Å². The predicted molar refractivity (Wildman–Crippen MR) is 477 cm³/mol. The minimum absolute atomic E-state index is 0.00295. The number of carbonyl (C=O) groups excluding carboxylic acids is 8. The number of anilines is 1. The van der Waals surface area contributed by atoms with Gasteiger partial charge in [-0.1, -0.05) is 26.0 Å². The second-order valence-electron chi connectivity index (χ2n) is 31.7. The molecule has 1 aromatic rings. The molecule has 9 amide bonds. The van der Waals surface area contributed by atoms with Gasteiger partial charge in [0, 0.05) is 57.9 Å². The Morgan fingerprint density at radius 1 is 0.406 bits per heavy atom. The SMILES string of the molecule is CN[C@@H](CCCCNC(=O)COCCOCCNC(=O)COP(=O)(O)OCC[N+](C)(C)C)C(=O)N[C@@H](CCCCNC(=O)CCOCCOCCOCCOCCOCCOCCOCCOCCOCCOCCOCCOCCN(C[C@H](O)[C@@H](O)[C@H](O)[C@H](O)CO)C[C@H](O)[C@@H](O)[C@H](O)[C@H](O)CO)C(=O)N[C@H](C(=O)N[C@@H](CCCNC(N)=O)C(=O)Nc1ccc(CO)cc1)C(C)C. The van der Waals surface area contributed by atoms with Crippen molar-refractivity contribution in [2.24, 2.45) is 11.7 Å². The highest BCUT2D eigenvalue weighted by Crippen LogP contribution is 2.42. The normalized spacial score (nSPS) is 15.0. The van der Waals surface area contributed by atoms with E-state index in [-0.39, 0.29) is 163 Å². The minimum Gasteiger partial charge on any atom is -0.394 e. The number of benzene rings is 1. The Morgan fingerprint density at radius 2 is 0.774 bits per heavy atom. The van der Waals surface area contributed by atoms with Gasteiger partial charge < -0.3 is 185 Å². The van der Waals surface area contributed by atoms with Crippen LogP contribution in [-0.2, 0) is 120 Å². The number of amides is 9. The lowest BCUT2D eigenvalue weighted by Crippen LogP contribution is -2.58. The van der Waals surface area contributed by atoms with Crippen molar-refractivity contribution in [1.82, 2.24) is 47.4 Å². The highest BCUT2D eigenvalue weighted by atomic mass is 31.2. The minimum atomic E-state index is -4.41. The molecule has 1 aromatic carbocycles. The molecule has 13 atom stereocenters. The standard InChI is InChI=1S/C83H157N12O37P/c1-61(2)74(82(113)92-66(14-11-22-89-83(84)114)80(111)90-63-17-15-62(56-96)16-18-63)93-81(112)65(91-79(110)64(85-3)12-7-9-21-87-72(104)59-130-53-52-118-27-23-88-73(105)60-132-133(115,116)131-29-25-95(4,5)6)13-8-10-20-86-71(103)19-26-117-30-32-120-34-36-122-38-40-124-42-44-126-46-48-128-50-51-129-49-47-127-45-43-125-41-39-123-37-35-121-33-31-119-28-24-94(54-67(99)75(106)77(108)69(101)57-97)55-68(100)76(107)78(109)70(102)58-98/h15-18,61,64-70,74-78,85,96-102,106-109H,7-14,19-60H2,1-6H3,(H10-,84,86,87,88,89,90,91,92,93,103,104,105,110,111,112,113,114,115,116)/p+1/t64-,65-,66-,67-,68-,69+,70+,74-,75+,76+,77+,78+/m0/s1. The molecule has 0 bridgehead atoms. The number of aliphatic hydroxyl groups excluding tert-OH is 11. The van der Waals surface area contributed by atoms with E-state index in [1.165, 1.54) is 4.90 Å². The first-order valence-corrected chi connectivity index (χ1v) is 46.5. The van der Waals surface area contributed by atoms with Gasteiger partial charge in [-0.05, 0) is 82.0 Å². The van der Waals surface area contributed by atoms with Crippen LogP contribution in [0.2, 0.25) is 0 Å². The van der Waals surface area contributed by atoms with E-state index in [9.17, 15) is 93.8 Å². The molecule has 0 aliphatic rings. The number of aliphatic hydroxyl groups is 11. The summed E-state index contributed by atoms with van der Waals surface area (Å²) in [6, 6.07) is 1.33. The Bertz CT molecular complexity index is 3170. The third-order valence-corrected chi connectivity index (χ3v) is 20.2. The molecular weight excluding hydrogens is 1790 g/mol. The first-order valence-electron chi connectivity index (χ1n) is 45.0. The maximum atomic E-state index is 14.4. The van der Waals surface area contributed by atoms with E-state index < -0.39 is 155 Å². The van der Waals surface area contributed by atoms with Gasteiger partial charge in [-0.15, -0.1) is 0 Å². The number of nitrogens with zero attached hydrogens (tertiary/aromatic N) is 2. The Hall–Kier alpha value is -6.23. The van der Waals surface area contributed by atoms with Crippen LogP contribution in [0.15, 0.2) is 24.3 Å². The van der Waals surface area contributed by atoms with E-state index in [1.807, 2.05) is 21.1 Å². The molecule has 0 aliphatic heterocycles.